The predicted molar refractivity (Wildman–Crippen MR) is 60.3 cm³/mol. The lowest BCUT2D eigenvalue weighted by atomic mass is 10.3. The van der Waals surface area contributed by atoms with Crippen molar-refractivity contribution < 1.29 is 13.9 Å². The van der Waals surface area contributed by atoms with Crippen molar-refractivity contribution in [1.82, 2.24) is 0 Å². The summed E-state index contributed by atoms with van der Waals surface area (Å²) < 4.78 is 15.9. The molecular formula is C10H20O3Si. The van der Waals surface area contributed by atoms with Gasteiger partial charge in [-0.15, -0.1) is 0 Å². The second-order valence-corrected chi connectivity index (χ2v) is 8.39. The summed E-state index contributed by atoms with van der Waals surface area (Å²) in [5.41, 5.74) is 0.803. The summed E-state index contributed by atoms with van der Waals surface area (Å²) in [5, 5.41) is 0. The molecule has 0 N–H and O–H groups in total. The van der Waals surface area contributed by atoms with Crippen LogP contribution in [0.3, 0.4) is 0 Å². The van der Waals surface area contributed by atoms with Gasteiger partial charge in [-0.1, -0.05) is 6.58 Å². The largest absolute Gasteiger partial charge is 0.519 e. The van der Waals surface area contributed by atoms with Crippen molar-refractivity contribution in [1.29, 1.82) is 0 Å². The number of hydrogen-bond donors (Lipinski definition) is 0. The zero-order valence-corrected chi connectivity index (χ0v) is 10.9. The highest BCUT2D eigenvalue weighted by Crippen LogP contribution is 2.19. The van der Waals surface area contributed by atoms with Crippen LogP contribution in [-0.4, -0.2) is 22.5 Å². The molecule has 4 heteroatoms. The van der Waals surface area contributed by atoms with E-state index in [1.807, 2.05) is 6.92 Å². The molecule has 0 aliphatic heterocycles. The molecule has 0 saturated heterocycles. The van der Waals surface area contributed by atoms with Gasteiger partial charge in [0.1, 0.15) is 5.76 Å². The molecule has 0 spiro atoms. The lowest BCUT2D eigenvalue weighted by Crippen LogP contribution is -2.26. The second-order valence-electron chi connectivity index (χ2n) is 3.96. The van der Waals surface area contributed by atoms with E-state index in [4.69, 9.17) is 13.9 Å². The topological polar surface area (TPSA) is 27.7 Å². The summed E-state index contributed by atoms with van der Waals surface area (Å²) in [4.78, 5) is 0. The van der Waals surface area contributed by atoms with Crippen LogP contribution >= 0.6 is 0 Å². The van der Waals surface area contributed by atoms with Gasteiger partial charge in [-0.05, 0) is 26.6 Å². The Balaban J connectivity index is 4.77. The van der Waals surface area contributed by atoms with Crippen LogP contribution in [0.2, 0.25) is 19.6 Å². The molecular weight excluding hydrogens is 196 g/mol. The maximum atomic E-state index is 5.73. The quantitative estimate of drug-likeness (QED) is 0.402. The van der Waals surface area contributed by atoms with E-state index < -0.39 is 8.32 Å². The first-order valence-electron chi connectivity index (χ1n) is 4.49. The standard InChI is InChI=1S/C10H20O3Si/c1-8(9(2)11-3)10(12-4)13-14(5,6)7/h2H2,1,3-7H3/b10-8-. The Bertz CT molecular complexity index is 238. The molecule has 0 aliphatic carbocycles. The van der Waals surface area contributed by atoms with Gasteiger partial charge in [-0.25, -0.2) is 0 Å². The van der Waals surface area contributed by atoms with E-state index >= 15 is 0 Å². The maximum absolute atomic E-state index is 5.73. The van der Waals surface area contributed by atoms with Crippen LogP contribution in [0.25, 0.3) is 0 Å². The summed E-state index contributed by atoms with van der Waals surface area (Å²) in [6, 6.07) is 0. The van der Waals surface area contributed by atoms with Crippen molar-refractivity contribution in [3.63, 3.8) is 0 Å². The van der Waals surface area contributed by atoms with E-state index in [-0.39, 0.29) is 0 Å². The predicted octanol–water partition coefficient (Wildman–Crippen LogP) is 2.88. The van der Waals surface area contributed by atoms with E-state index in [0.29, 0.717) is 11.7 Å². The Kier molecular flexibility index (Phi) is 4.77. The Morgan fingerprint density at radius 1 is 1.07 bits per heavy atom. The molecule has 0 aliphatic rings. The van der Waals surface area contributed by atoms with Gasteiger partial charge in [0.15, 0.2) is 0 Å². The van der Waals surface area contributed by atoms with Gasteiger partial charge >= 0.3 is 0 Å². The van der Waals surface area contributed by atoms with Crippen molar-refractivity contribution >= 4 is 8.32 Å². The van der Waals surface area contributed by atoms with Crippen molar-refractivity contribution in [3.8, 4) is 0 Å². The first kappa shape index (κ1) is 13.1. The molecule has 0 aromatic rings. The summed E-state index contributed by atoms with van der Waals surface area (Å²) in [6.07, 6.45) is 0. The minimum Gasteiger partial charge on any atom is -0.519 e. The highest BCUT2D eigenvalue weighted by Gasteiger charge is 2.20. The number of hydrogen-bond acceptors (Lipinski definition) is 3. The van der Waals surface area contributed by atoms with Crippen LogP contribution < -0.4 is 0 Å². The number of rotatable bonds is 5. The molecule has 82 valence electrons. The molecule has 0 saturated carbocycles. The number of methoxy groups -OCH3 is 2. The smallest absolute Gasteiger partial charge is 0.271 e. The Labute approximate surface area is 87.5 Å². The summed E-state index contributed by atoms with van der Waals surface area (Å²) in [7, 11) is 1.52. The SMILES string of the molecule is C=C(OC)/C(C)=C(/OC)O[Si](C)(C)C. The highest BCUT2D eigenvalue weighted by atomic mass is 28.4. The first-order valence-corrected chi connectivity index (χ1v) is 7.89. The van der Waals surface area contributed by atoms with Crippen LogP contribution in [0, 0.1) is 0 Å². The van der Waals surface area contributed by atoms with Crippen LogP contribution in [0.1, 0.15) is 6.92 Å². The zero-order chi connectivity index (χ0) is 11.4. The molecule has 0 aromatic carbocycles. The third kappa shape index (κ3) is 4.37. The van der Waals surface area contributed by atoms with Crippen molar-refractivity contribution in [2.75, 3.05) is 14.2 Å². The molecule has 14 heavy (non-hydrogen) atoms. The minimum atomic E-state index is -1.64. The maximum Gasteiger partial charge on any atom is 0.271 e. The summed E-state index contributed by atoms with van der Waals surface area (Å²) >= 11 is 0. The van der Waals surface area contributed by atoms with E-state index in [2.05, 4.69) is 26.2 Å². The fraction of sp³-hybridized carbons (Fsp3) is 0.600. The van der Waals surface area contributed by atoms with Crippen molar-refractivity contribution in [2.24, 2.45) is 0 Å². The first-order chi connectivity index (χ1) is 6.31. The number of allylic oxidation sites excluding steroid dienone is 1. The Morgan fingerprint density at radius 3 is 1.86 bits per heavy atom. The molecule has 0 rings (SSSR count). The van der Waals surface area contributed by atoms with Crippen LogP contribution in [0.4, 0.5) is 0 Å². The van der Waals surface area contributed by atoms with Crippen LogP contribution in [-0.2, 0) is 13.9 Å². The molecule has 3 nitrogen and oxygen atoms in total. The molecule has 0 heterocycles. The zero-order valence-electron chi connectivity index (χ0n) is 9.93. The molecule has 0 fully saturated rings. The van der Waals surface area contributed by atoms with Crippen LogP contribution in [0.5, 0.6) is 0 Å². The van der Waals surface area contributed by atoms with Gasteiger partial charge in [0.2, 0.25) is 8.32 Å². The molecule has 0 amide bonds. The fourth-order valence-electron chi connectivity index (χ4n) is 0.816. The van der Waals surface area contributed by atoms with Gasteiger partial charge in [-0.3, -0.25) is 0 Å². The van der Waals surface area contributed by atoms with Gasteiger partial charge in [0, 0.05) is 0 Å². The average molecular weight is 216 g/mol. The monoisotopic (exact) mass is 216 g/mol. The van der Waals surface area contributed by atoms with Gasteiger partial charge in [0.05, 0.1) is 19.8 Å². The van der Waals surface area contributed by atoms with E-state index in [1.165, 1.54) is 0 Å². The lowest BCUT2D eigenvalue weighted by molar-refractivity contribution is 0.139. The minimum absolute atomic E-state index is 0.510. The normalized spacial score (nSPS) is 13.0. The molecule has 0 atom stereocenters. The van der Waals surface area contributed by atoms with Crippen molar-refractivity contribution in [2.45, 2.75) is 26.6 Å². The third-order valence-corrected chi connectivity index (χ3v) is 2.35. The fourth-order valence-corrected chi connectivity index (χ4v) is 1.61. The van der Waals surface area contributed by atoms with E-state index in [9.17, 15) is 0 Å². The van der Waals surface area contributed by atoms with Crippen LogP contribution in [0.15, 0.2) is 23.9 Å². The lowest BCUT2D eigenvalue weighted by Gasteiger charge is -2.22. The average Bonchev–Trinajstić information content (AvgIpc) is 2.10. The Hall–Kier alpha value is -0.903. The summed E-state index contributed by atoms with van der Waals surface area (Å²) in [5.74, 6) is 1.08. The second kappa shape index (κ2) is 5.10. The molecule has 0 bridgehead atoms. The Morgan fingerprint density at radius 2 is 1.57 bits per heavy atom. The number of ether oxygens (including phenoxy) is 2. The molecule has 0 unspecified atom stereocenters. The molecule has 0 aromatic heterocycles. The molecule has 0 radical (unpaired) electrons. The van der Waals surface area contributed by atoms with E-state index in [0.717, 1.165) is 5.57 Å². The van der Waals surface area contributed by atoms with Gasteiger partial charge in [-0.2, -0.15) is 0 Å². The highest BCUT2D eigenvalue weighted by molar-refractivity contribution is 6.70. The van der Waals surface area contributed by atoms with Crippen molar-refractivity contribution in [3.05, 3.63) is 23.9 Å². The van der Waals surface area contributed by atoms with Gasteiger partial charge in [0.25, 0.3) is 5.95 Å². The summed E-state index contributed by atoms with van der Waals surface area (Å²) in [6.45, 7) is 11.9. The third-order valence-electron chi connectivity index (χ3n) is 1.56. The van der Waals surface area contributed by atoms with Gasteiger partial charge < -0.3 is 13.9 Å². The van der Waals surface area contributed by atoms with E-state index in [1.54, 1.807) is 14.2 Å².